The minimum atomic E-state index is -0.976. The van der Waals surface area contributed by atoms with E-state index in [0.717, 1.165) is 4.90 Å². The van der Waals surface area contributed by atoms with Gasteiger partial charge in [0.15, 0.2) is 6.10 Å². The molecule has 7 heteroatoms. The number of rotatable bonds is 6. The Bertz CT molecular complexity index is 764. The molecule has 0 radical (unpaired) electrons. The fourth-order valence-electron chi connectivity index (χ4n) is 2.02. The minimum absolute atomic E-state index is 0.387. The Morgan fingerprint density at radius 2 is 1.84 bits per heavy atom. The molecule has 5 nitrogen and oxygen atoms in total. The van der Waals surface area contributed by atoms with Crippen molar-refractivity contribution in [2.45, 2.75) is 17.9 Å². The summed E-state index contributed by atoms with van der Waals surface area (Å²) in [6.45, 7) is 1.50. The molecule has 0 aliphatic carbocycles. The van der Waals surface area contributed by atoms with Crippen LogP contribution in [0.25, 0.3) is 0 Å². The van der Waals surface area contributed by atoms with Crippen LogP contribution in [0.4, 0.5) is 5.69 Å². The Hall–Kier alpha value is -2.18. The molecule has 132 valence electrons. The number of anilines is 1. The summed E-state index contributed by atoms with van der Waals surface area (Å²) in [5, 5.41) is 3.10. The first-order valence-corrected chi connectivity index (χ1v) is 9.04. The summed E-state index contributed by atoms with van der Waals surface area (Å²) in [5.74, 6) is -0.577. The fourth-order valence-corrected chi connectivity index (χ4v) is 2.60. The van der Waals surface area contributed by atoms with Gasteiger partial charge in [0.25, 0.3) is 5.91 Å². The maximum Gasteiger partial charge on any atom is 0.338 e. The topological polar surface area (TPSA) is 64.6 Å². The van der Waals surface area contributed by atoms with Crippen molar-refractivity contribution in [3.05, 3.63) is 53.1 Å². The van der Waals surface area contributed by atoms with E-state index < -0.39 is 18.0 Å². The van der Waals surface area contributed by atoms with E-state index in [9.17, 15) is 9.59 Å². The molecule has 2 aromatic carbocycles. The quantitative estimate of drug-likeness (QED) is 0.600. The molecule has 1 amide bonds. The van der Waals surface area contributed by atoms with E-state index in [1.54, 1.807) is 42.1 Å². The molecule has 0 aliphatic heterocycles. The summed E-state index contributed by atoms with van der Waals surface area (Å²) in [4.78, 5) is 25.4. The molecule has 0 saturated carbocycles. The van der Waals surface area contributed by atoms with Gasteiger partial charge in [0.2, 0.25) is 0 Å². The van der Waals surface area contributed by atoms with Crippen LogP contribution in [0.2, 0.25) is 5.02 Å². The van der Waals surface area contributed by atoms with E-state index in [-0.39, 0.29) is 0 Å². The van der Waals surface area contributed by atoms with Crippen LogP contribution in [0, 0.1) is 0 Å². The second kappa shape index (κ2) is 8.78. The van der Waals surface area contributed by atoms with Crippen LogP contribution in [-0.2, 0) is 9.53 Å². The number of thioether (sulfide) groups is 1. The molecule has 0 unspecified atom stereocenters. The number of hydrogen-bond acceptors (Lipinski definition) is 5. The standard InChI is InChI=1S/C18H18ClNO4S/c1-11(24-18(22)12-4-7-14(25-3)8-5-12)17(21)20-15-10-13(19)6-9-16(15)23-2/h4-11H,1-3H3,(H,20,21)/t11-/m0/s1. The highest BCUT2D eigenvalue weighted by molar-refractivity contribution is 7.98. The van der Waals surface area contributed by atoms with Crippen LogP contribution in [0.1, 0.15) is 17.3 Å². The summed E-state index contributed by atoms with van der Waals surface area (Å²) >= 11 is 7.51. The van der Waals surface area contributed by atoms with Crippen LogP contribution in [0.15, 0.2) is 47.4 Å². The Morgan fingerprint density at radius 3 is 2.44 bits per heavy atom. The van der Waals surface area contributed by atoms with Crippen molar-refractivity contribution >= 4 is 40.9 Å². The highest BCUT2D eigenvalue weighted by atomic mass is 35.5. The molecule has 0 saturated heterocycles. The summed E-state index contributed by atoms with van der Waals surface area (Å²) in [6.07, 6.45) is 0.973. The SMILES string of the molecule is COc1ccc(Cl)cc1NC(=O)[C@H](C)OC(=O)c1ccc(SC)cc1. The lowest BCUT2D eigenvalue weighted by Gasteiger charge is -2.15. The molecule has 2 rings (SSSR count). The molecule has 0 bridgehead atoms. The van der Waals surface area contributed by atoms with E-state index >= 15 is 0 Å². The largest absolute Gasteiger partial charge is 0.495 e. The molecule has 0 spiro atoms. The lowest BCUT2D eigenvalue weighted by atomic mass is 10.2. The Balaban J connectivity index is 2.02. The number of benzene rings is 2. The van der Waals surface area contributed by atoms with Gasteiger partial charge in [-0.3, -0.25) is 4.79 Å². The van der Waals surface area contributed by atoms with Gasteiger partial charge in [-0.15, -0.1) is 11.8 Å². The molecule has 1 atom stereocenters. The van der Waals surface area contributed by atoms with Gasteiger partial charge in [-0.1, -0.05) is 11.6 Å². The van der Waals surface area contributed by atoms with E-state index in [2.05, 4.69) is 5.32 Å². The van der Waals surface area contributed by atoms with Crippen LogP contribution < -0.4 is 10.1 Å². The van der Waals surface area contributed by atoms with Crippen LogP contribution in [-0.4, -0.2) is 31.3 Å². The zero-order valence-corrected chi connectivity index (χ0v) is 15.6. The van der Waals surface area contributed by atoms with Crippen molar-refractivity contribution in [2.75, 3.05) is 18.7 Å². The number of carbonyl (C=O) groups excluding carboxylic acids is 2. The number of esters is 1. The first-order chi connectivity index (χ1) is 11.9. The van der Waals surface area contributed by atoms with E-state index in [0.29, 0.717) is 22.0 Å². The number of ether oxygens (including phenoxy) is 2. The first-order valence-electron chi connectivity index (χ1n) is 7.44. The van der Waals surface area contributed by atoms with E-state index in [4.69, 9.17) is 21.1 Å². The third-order valence-electron chi connectivity index (χ3n) is 3.40. The average Bonchev–Trinajstić information content (AvgIpc) is 2.61. The Morgan fingerprint density at radius 1 is 1.16 bits per heavy atom. The smallest absolute Gasteiger partial charge is 0.338 e. The molecule has 0 fully saturated rings. The monoisotopic (exact) mass is 379 g/mol. The number of methoxy groups -OCH3 is 1. The number of halogens is 1. The number of nitrogens with one attached hydrogen (secondary N) is 1. The lowest BCUT2D eigenvalue weighted by molar-refractivity contribution is -0.123. The van der Waals surface area contributed by atoms with Crippen molar-refractivity contribution in [3.63, 3.8) is 0 Å². The Labute approximate surface area is 155 Å². The zero-order chi connectivity index (χ0) is 18.4. The van der Waals surface area contributed by atoms with Crippen molar-refractivity contribution in [1.29, 1.82) is 0 Å². The van der Waals surface area contributed by atoms with E-state index in [1.165, 1.54) is 14.0 Å². The van der Waals surface area contributed by atoms with Gasteiger partial charge in [-0.05, 0) is 55.6 Å². The third kappa shape index (κ3) is 5.14. The van der Waals surface area contributed by atoms with Gasteiger partial charge in [-0.25, -0.2) is 4.79 Å². The molecule has 0 aromatic heterocycles. The third-order valence-corrected chi connectivity index (χ3v) is 4.38. The molecule has 1 N–H and O–H groups in total. The van der Waals surface area contributed by atoms with Crippen molar-refractivity contribution in [2.24, 2.45) is 0 Å². The van der Waals surface area contributed by atoms with Crippen molar-refractivity contribution in [3.8, 4) is 5.75 Å². The predicted molar refractivity (Wildman–Crippen MR) is 99.7 cm³/mol. The van der Waals surface area contributed by atoms with Gasteiger partial charge in [-0.2, -0.15) is 0 Å². The molecular formula is C18H18ClNO4S. The van der Waals surface area contributed by atoms with Crippen LogP contribution in [0.3, 0.4) is 0 Å². The van der Waals surface area contributed by atoms with Crippen LogP contribution in [0.5, 0.6) is 5.75 Å². The van der Waals surface area contributed by atoms with Crippen molar-refractivity contribution in [1.82, 2.24) is 0 Å². The number of amides is 1. The lowest BCUT2D eigenvalue weighted by Crippen LogP contribution is -2.30. The van der Waals surface area contributed by atoms with E-state index in [1.807, 2.05) is 18.4 Å². The highest BCUT2D eigenvalue weighted by Crippen LogP contribution is 2.27. The normalized spacial score (nSPS) is 11.5. The van der Waals surface area contributed by atoms with Gasteiger partial charge in [0, 0.05) is 9.92 Å². The molecule has 0 aliphatic rings. The van der Waals surface area contributed by atoms with Crippen molar-refractivity contribution < 1.29 is 19.1 Å². The molecule has 25 heavy (non-hydrogen) atoms. The predicted octanol–water partition coefficient (Wildman–Crippen LogP) is 4.25. The van der Waals surface area contributed by atoms with Gasteiger partial charge in [0.1, 0.15) is 5.75 Å². The number of carbonyl (C=O) groups is 2. The summed E-state index contributed by atoms with van der Waals surface area (Å²) < 4.78 is 10.4. The number of hydrogen-bond donors (Lipinski definition) is 1. The zero-order valence-electron chi connectivity index (χ0n) is 14.0. The maximum absolute atomic E-state index is 12.3. The van der Waals surface area contributed by atoms with Gasteiger partial charge < -0.3 is 14.8 Å². The molecule has 2 aromatic rings. The summed E-state index contributed by atoms with van der Waals surface area (Å²) in [5.41, 5.74) is 0.796. The molecule has 0 heterocycles. The fraction of sp³-hybridized carbons (Fsp3) is 0.222. The Kier molecular flexibility index (Phi) is 6.73. The summed E-state index contributed by atoms with van der Waals surface area (Å²) in [7, 11) is 1.49. The maximum atomic E-state index is 12.3. The van der Waals surface area contributed by atoms with Gasteiger partial charge >= 0.3 is 5.97 Å². The van der Waals surface area contributed by atoms with Crippen LogP contribution >= 0.6 is 23.4 Å². The summed E-state index contributed by atoms with van der Waals surface area (Å²) in [6, 6.07) is 11.8. The second-order valence-electron chi connectivity index (χ2n) is 5.11. The molecular weight excluding hydrogens is 362 g/mol. The minimum Gasteiger partial charge on any atom is -0.495 e. The first kappa shape index (κ1) is 19.1. The second-order valence-corrected chi connectivity index (χ2v) is 6.43. The highest BCUT2D eigenvalue weighted by Gasteiger charge is 2.20. The average molecular weight is 380 g/mol. The van der Waals surface area contributed by atoms with Gasteiger partial charge in [0.05, 0.1) is 18.4 Å².